The number of hydrogen-bond donors (Lipinski definition) is 0. The molecule has 2 aromatic rings. The summed E-state index contributed by atoms with van der Waals surface area (Å²) in [5, 5.41) is 1.01. The molecule has 3 aliphatic rings. The molecular formula is C19H23NO2. The summed E-state index contributed by atoms with van der Waals surface area (Å²) in [6, 6.07) is 7.70. The first kappa shape index (κ1) is 14.0. The molecule has 0 unspecified atom stereocenters. The Morgan fingerprint density at radius 2 is 2.05 bits per heavy atom. The highest BCUT2D eigenvalue weighted by Crippen LogP contribution is 2.45. The van der Waals surface area contributed by atoms with E-state index in [0.717, 1.165) is 16.5 Å². The number of Topliss-reactive ketones (excluding diaryl/α,β-unsaturated/α-hetero) is 1. The van der Waals surface area contributed by atoms with E-state index in [4.69, 9.17) is 4.42 Å². The highest BCUT2D eigenvalue weighted by atomic mass is 16.3. The Morgan fingerprint density at radius 1 is 1.27 bits per heavy atom. The van der Waals surface area contributed by atoms with Crippen molar-refractivity contribution in [2.45, 2.75) is 38.6 Å². The van der Waals surface area contributed by atoms with E-state index in [2.05, 4.69) is 18.7 Å². The van der Waals surface area contributed by atoms with E-state index in [1.54, 1.807) is 6.26 Å². The predicted molar refractivity (Wildman–Crippen MR) is 87.0 cm³/mol. The van der Waals surface area contributed by atoms with Crippen LogP contribution < -0.4 is 0 Å². The van der Waals surface area contributed by atoms with Crippen molar-refractivity contribution < 1.29 is 9.21 Å². The van der Waals surface area contributed by atoms with E-state index in [1.165, 1.54) is 25.9 Å². The second-order valence-corrected chi connectivity index (χ2v) is 7.39. The molecule has 0 radical (unpaired) electrons. The van der Waals surface area contributed by atoms with Crippen LogP contribution in [0.2, 0.25) is 0 Å². The van der Waals surface area contributed by atoms with Gasteiger partial charge in [0.05, 0.1) is 6.26 Å². The summed E-state index contributed by atoms with van der Waals surface area (Å²) >= 11 is 0. The van der Waals surface area contributed by atoms with Crippen LogP contribution in [-0.4, -0.2) is 29.3 Å². The van der Waals surface area contributed by atoms with Crippen molar-refractivity contribution in [1.82, 2.24) is 4.90 Å². The lowest BCUT2D eigenvalue weighted by Crippen LogP contribution is -2.61. The van der Waals surface area contributed by atoms with Gasteiger partial charge in [-0.2, -0.15) is 0 Å². The van der Waals surface area contributed by atoms with Crippen LogP contribution in [0.3, 0.4) is 0 Å². The van der Waals surface area contributed by atoms with E-state index in [0.29, 0.717) is 18.3 Å². The van der Waals surface area contributed by atoms with Crippen LogP contribution in [0.25, 0.3) is 11.0 Å². The van der Waals surface area contributed by atoms with Gasteiger partial charge in [0.15, 0.2) is 5.78 Å². The number of hydrogen-bond acceptors (Lipinski definition) is 3. The normalized spacial score (nSPS) is 29.8. The summed E-state index contributed by atoms with van der Waals surface area (Å²) in [5.41, 5.74) is 1.82. The number of rotatable bonds is 3. The molecule has 1 atom stereocenters. The van der Waals surface area contributed by atoms with Crippen molar-refractivity contribution in [2.24, 2.45) is 11.8 Å². The monoisotopic (exact) mass is 297 g/mol. The van der Waals surface area contributed by atoms with Crippen molar-refractivity contribution in [3.63, 3.8) is 0 Å². The second-order valence-electron chi connectivity index (χ2n) is 7.39. The van der Waals surface area contributed by atoms with Gasteiger partial charge in [0.2, 0.25) is 0 Å². The molecule has 1 aromatic heterocycles. The third-order valence-corrected chi connectivity index (χ3v) is 6.01. The Labute approximate surface area is 131 Å². The molecule has 3 fully saturated rings. The first-order valence-electron chi connectivity index (χ1n) is 8.31. The average Bonchev–Trinajstić information content (AvgIpc) is 2.98. The molecule has 1 aromatic carbocycles. The molecule has 0 amide bonds. The van der Waals surface area contributed by atoms with Gasteiger partial charge in [-0.05, 0) is 75.9 Å². The van der Waals surface area contributed by atoms with Gasteiger partial charge in [0.25, 0.3) is 0 Å². The van der Waals surface area contributed by atoms with Crippen molar-refractivity contribution in [2.75, 3.05) is 13.1 Å². The minimum atomic E-state index is 0.149. The van der Waals surface area contributed by atoms with E-state index in [-0.39, 0.29) is 11.3 Å². The minimum absolute atomic E-state index is 0.149. The van der Waals surface area contributed by atoms with Crippen LogP contribution in [0.4, 0.5) is 0 Å². The summed E-state index contributed by atoms with van der Waals surface area (Å²) in [5.74, 6) is 1.46. The second kappa shape index (κ2) is 4.95. The Hall–Kier alpha value is -1.61. The molecule has 3 heteroatoms. The first-order chi connectivity index (χ1) is 10.6. The van der Waals surface area contributed by atoms with Crippen LogP contribution in [0.5, 0.6) is 0 Å². The number of carbonyl (C=O) groups excluding carboxylic acids is 1. The van der Waals surface area contributed by atoms with Gasteiger partial charge in [-0.3, -0.25) is 9.69 Å². The van der Waals surface area contributed by atoms with Gasteiger partial charge >= 0.3 is 0 Å². The average molecular weight is 297 g/mol. The van der Waals surface area contributed by atoms with Crippen molar-refractivity contribution in [3.8, 4) is 0 Å². The van der Waals surface area contributed by atoms with Gasteiger partial charge in [-0.1, -0.05) is 0 Å². The SMILES string of the molecule is CC1(C)[C@@H](CC(=O)c2ccc3occc3c2)C2CCN1CC2. The fourth-order valence-corrected chi connectivity index (χ4v) is 4.56. The summed E-state index contributed by atoms with van der Waals surface area (Å²) < 4.78 is 5.36. The van der Waals surface area contributed by atoms with E-state index in [1.807, 2.05) is 24.3 Å². The fraction of sp³-hybridized carbons (Fsp3) is 0.526. The summed E-state index contributed by atoms with van der Waals surface area (Å²) in [7, 11) is 0. The van der Waals surface area contributed by atoms with E-state index < -0.39 is 0 Å². The topological polar surface area (TPSA) is 33.5 Å². The van der Waals surface area contributed by atoms with Gasteiger partial charge in [0, 0.05) is 22.9 Å². The predicted octanol–water partition coefficient (Wildman–Crippen LogP) is 4.13. The molecule has 3 nitrogen and oxygen atoms in total. The number of furan rings is 1. The molecule has 3 saturated heterocycles. The Morgan fingerprint density at radius 3 is 2.77 bits per heavy atom. The summed E-state index contributed by atoms with van der Waals surface area (Å²) in [4.78, 5) is 15.4. The van der Waals surface area contributed by atoms with Gasteiger partial charge in [0.1, 0.15) is 5.58 Å². The van der Waals surface area contributed by atoms with Gasteiger partial charge in [-0.15, -0.1) is 0 Å². The summed E-state index contributed by atoms with van der Waals surface area (Å²) in [6.45, 7) is 7.03. The standard InChI is InChI=1S/C19H23NO2/c1-19(2)16(13-5-8-20(19)9-6-13)12-17(21)14-3-4-18-15(11-14)7-10-22-18/h3-4,7,10-11,13,16H,5-6,8-9,12H2,1-2H3/t16-/m0/s1. The quantitative estimate of drug-likeness (QED) is 0.799. The lowest BCUT2D eigenvalue weighted by molar-refractivity contribution is -0.0643. The van der Waals surface area contributed by atoms with Crippen LogP contribution in [0.15, 0.2) is 34.9 Å². The van der Waals surface area contributed by atoms with Crippen LogP contribution >= 0.6 is 0 Å². The van der Waals surface area contributed by atoms with Crippen molar-refractivity contribution in [1.29, 1.82) is 0 Å². The lowest BCUT2D eigenvalue weighted by atomic mass is 9.65. The highest BCUT2D eigenvalue weighted by molar-refractivity contribution is 5.99. The zero-order chi connectivity index (χ0) is 15.3. The number of benzene rings is 1. The third-order valence-electron chi connectivity index (χ3n) is 6.01. The zero-order valence-corrected chi connectivity index (χ0v) is 13.3. The fourth-order valence-electron chi connectivity index (χ4n) is 4.56. The zero-order valence-electron chi connectivity index (χ0n) is 13.3. The molecule has 116 valence electrons. The maximum atomic E-state index is 12.8. The molecule has 0 spiro atoms. The molecular weight excluding hydrogens is 274 g/mol. The smallest absolute Gasteiger partial charge is 0.163 e. The lowest BCUT2D eigenvalue weighted by Gasteiger charge is -2.56. The number of piperidine rings is 3. The number of nitrogens with zero attached hydrogens (tertiary/aromatic N) is 1. The van der Waals surface area contributed by atoms with Gasteiger partial charge < -0.3 is 4.42 Å². The van der Waals surface area contributed by atoms with Crippen molar-refractivity contribution in [3.05, 3.63) is 36.1 Å². The third kappa shape index (κ3) is 2.11. The Bertz CT molecular complexity index is 707. The Kier molecular flexibility index (Phi) is 3.15. The minimum Gasteiger partial charge on any atom is -0.464 e. The molecule has 0 N–H and O–H groups in total. The summed E-state index contributed by atoms with van der Waals surface area (Å²) in [6.07, 6.45) is 4.84. The van der Waals surface area contributed by atoms with Gasteiger partial charge in [-0.25, -0.2) is 0 Å². The number of ketones is 1. The molecule has 4 heterocycles. The molecule has 22 heavy (non-hydrogen) atoms. The number of fused-ring (bicyclic) bond motifs is 4. The van der Waals surface area contributed by atoms with E-state index in [9.17, 15) is 4.79 Å². The molecule has 5 rings (SSSR count). The maximum absolute atomic E-state index is 12.8. The molecule has 0 saturated carbocycles. The first-order valence-corrected chi connectivity index (χ1v) is 8.31. The molecule has 3 aliphatic heterocycles. The van der Waals surface area contributed by atoms with Crippen LogP contribution in [0.1, 0.15) is 43.5 Å². The highest BCUT2D eigenvalue weighted by Gasteiger charge is 2.47. The maximum Gasteiger partial charge on any atom is 0.163 e. The van der Waals surface area contributed by atoms with E-state index >= 15 is 0 Å². The van der Waals surface area contributed by atoms with Crippen LogP contribution in [0, 0.1) is 11.8 Å². The Balaban J connectivity index is 1.58. The molecule has 0 aliphatic carbocycles. The largest absolute Gasteiger partial charge is 0.464 e. The molecule has 2 bridgehead atoms. The number of carbonyl (C=O) groups is 1. The van der Waals surface area contributed by atoms with Crippen molar-refractivity contribution >= 4 is 16.8 Å². The van der Waals surface area contributed by atoms with Crippen LogP contribution in [-0.2, 0) is 0 Å².